The molecule has 0 aromatic carbocycles. The summed E-state index contributed by atoms with van der Waals surface area (Å²) in [5, 5.41) is 13.3. The second-order valence-corrected chi connectivity index (χ2v) is 3.81. The van der Waals surface area contributed by atoms with E-state index in [2.05, 4.69) is 22.5 Å². The van der Waals surface area contributed by atoms with Crippen LogP contribution in [-0.4, -0.2) is 18.2 Å². The van der Waals surface area contributed by atoms with Crippen molar-refractivity contribution in [2.75, 3.05) is 0 Å². The summed E-state index contributed by atoms with van der Waals surface area (Å²) in [5.74, 6) is 1.50. The number of nitrogens with two attached hydrogens (primary N) is 1. The average Bonchev–Trinajstić information content (AvgIpc) is 2.89. The zero-order valence-electron chi connectivity index (χ0n) is 8.17. The molecule has 14 heavy (non-hydrogen) atoms. The van der Waals surface area contributed by atoms with Crippen LogP contribution in [0.15, 0.2) is 16.5 Å². The van der Waals surface area contributed by atoms with Gasteiger partial charge in [-0.1, -0.05) is 0 Å². The fourth-order valence-corrected chi connectivity index (χ4v) is 1.53. The van der Waals surface area contributed by atoms with E-state index >= 15 is 0 Å². The van der Waals surface area contributed by atoms with E-state index in [1.54, 1.807) is 0 Å². The molecule has 1 aliphatic heterocycles. The lowest BCUT2D eigenvalue weighted by molar-refractivity contribution is 0.543. The molecule has 0 amide bonds. The number of hydrogen-bond donors (Lipinski definition) is 4. The summed E-state index contributed by atoms with van der Waals surface area (Å²) in [5.41, 5.74) is 6.32. The molecule has 0 aromatic rings. The maximum Gasteiger partial charge on any atom is 0.153 e. The molecular weight excluding hydrogens is 178 g/mol. The first-order valence-electron chi connectivity index (χ1n) is 4.83. The largest absolute Gasteiger partial charge is 0.384 e. The Hall–Kier alpha value is -1.52. The van der Waals surface area contributed by atoms with Gasteiger partial charge in [0.1, 0.15) is 11.5 Å². The number of rotatable bonds is 3. The number of hydrogen-bond acceptors (Lipinski definition) is 4. The Bertz CT molecular complexity index is 313. The molecule has 0 spiro atoms. The van der Waals surface area contributed by atoms with E-state index in [9.17, 15) is 0 Å². The van der Waals surface area contributed by atoms with Crippen molar-refractivity contribution in [1.29, 1.82) is 5.41 Å². The molecule has 1 aliphatic carbocycles. The quantitative estimate of drug-likeness (QED) is 0.513. The van der Waals surface area contributed by atoms with E-state index in [1.165, 1.54) is 19.2 Å². The fraction of sp³-hybridized carbons (Fsp3) is 0.556. The Morgan fingerprint density at radius 3 is 3.00 bits per heavy atom. The molecular formula is C9H15N5. The Balaban J connectivity index is 2.02. The summed E-state index contributed by atoms with van der Waals surface area (Å²) in [6.45, 7) is 2.11. The summed E-state index contributed by atoms with van der Waals surface area (Å²) >= 11 is 0. The highest BCUT2D eigenvalue weighted by molar-refractivity contribution is 6.07. The predicted octanol–water partition coefficient (Wildman–Crippen LogP) is 0.111. The van der Waals surface area contributed by atoms with Crippen LogP contribution in [0.1, 0.15) is 19.8 Å². The van der Waals surface area contributed by atoms with Crippen LogP contribution in [0.4, 0.5) is 0 Å². The minimum Gasteiger partial charge on any atom is -0.384 e. The first-order valence-corrected chi connectivity index (χ1v) is 4.83. The minimum absolute atomic E-state index is 0.262. The average molecular weight is 193 g/mol. The van der Waals surface area contributed by atoms with Crippen molar-refractivity contribution < 1.29 is 0 Å². The van der Waals surface area contributed by atoms with Crippen molar-refractivity contribution in [3.63, 3.8) is 0 Å². The normalized spacial score (nSPS) is 25.9. The number of amidine groups is 1. The number of aliphatic imine (C=N–C) groups is 1. The van der Waals surface area contributed by atoms with Gasteiger partial charge in [-0.2, -0.15) is 0 Å². The lowest BCUT2D eigenvalue weighted by Crippen LogP contribution is -2.33. The molecule has 1 atom stereocenters. The summed E-state index contributed by atoms with van der Waals surface area (Å²) in [7, 11) is 0. The summed E-state index contributed by atoms with van der Waals surface area (Å²) in [6.07, 6.45) is 4.03. The van der Waals surface area contributed by atoms with Crippen LogP contribution in [0.25, 0.3) is 0 Å². The van der Waals surface area contributed by atoms with Crippen LogP contribution < -0.4 is 16.4 Å². The second-order valence-electron chi connectivity index (χ2n) is 3.81. The lowest BCUT2D eigenvalue weighted by Gasteiger charge is -2.15. The first kappa shape index (κ1) is 9.05. The predicted molar refractivity (Wildman–Crippen MR) is 55.9 cm³/mol. The lowest BCUT2D eigenvalue weighted by atomic mass is 10.2. The molecule has 2 aliphatic rings. The Morgan fingerprint density at radius 1 is 1.79 bits per heavy atom. The van der Waals surface area contributed by atoms with E-state index in [4.69, 9.17) is 11.1 Å². The molecule has 0 aromatic heterocycles. The topological polar surface area (TPSA) is 86.3 Å². The first-order chi connectivity index (χ1) is 6.68. The van der Waals surface area contributed by atoms with Crippen LogP contribution in [0.5, 0.6) is 0 Å². The van der Waals surface area contributed by atoms with E-state index in [0.717, 1.165) is 5.92 Å². The van der Waals surface area contributed by atoms with Crippen LogP contribution in [0, 0.1) is 11.3 Å². The summed E-state index contributed by atoms with van der Waals surface area (Å²) in [6, 6.07) is 0.381. The van der Waals surface area contributed by atoms with Gasteiger partial charge in [0.25, 0.3) is 0 Å². The number of nitrogens with one attached hydrogen (secondary N) is 3. The van der Waals surface area contributed by atoms with Gasteiger partial charge >= 0.3 is 0 Å². The molecule has 1 unspecified atom stereocenters. The number of nitrogens with zero attached hydrogens (tertiary/aromatic N) is 1. The van der Waals surface area contributed by atoms with Gasteiger partial charge in [0.2, 0.25) is 0 Å². The third-order valence-electron chi connectivity index (χ3n) is 2.61. The Labute approximate surface area is 83.0 Å². The molecule has 76 valence electrons. The third-order valence-corrected chi connectivity index (χ3v) is 2.61. The van der Waals surface area contributed by atoms with Crippen LogP contribution in [-0.2, 0) is 0 Å². The van der Waals surface area contributed by atoms with Gasteiger partial charge in [-0.05, 0) is 25.7 Å². The van der Waals surface area contributed by atoms with Crippen molar-refractivity contribution in [2.24, 2.45) is 16.6 Å². The molecule has 1 fully saturated rings. The zero-order chi connectivity index (χ0) is 10.1. The van der Waals surface area contributed by atoms with Crippen molar-refractivity contribution >= 4 is 12.2 Å². The van der Waals surface area contributed by atoms with Crippen molar-refractivity contribution in [3.05, 3.63) is 11.5 Å². The van der Waals surface area contributed by atoms with Gasteiger partial charge in [0.05, 0.1) is 6.34 Å². The van der Waals surface area contributed by atoms with Crippen molar-refractivity contribution in [3.8, 4) is 0 Å². The van der Waals surface area contributed by atoms with Gasteiger partial charge in [-0.3, -0.25) is 5.41 Å². The Kier molecular flexibility index (Phi) is 2.15. The van der Waals surface area contributed by atoms with E-state index in [-0.39, 0.29) is 5.84 Å². The van der Waals surface area contributed by atoms with Gasteiger partial charge in [-0.25, -0.2) is 4.99 Å². The smallest absolute Gasteiger partial charge is 0.153 e. The van der Waals surface area contributed by atoms with Crippen LogP contribution in [0.3, 0.4) is 0 Å². The molecule has 5 nitrogen and oxygen atoms in total. The molecule has 0 radical (unpaired) electrons. The SMILES string of the molecule is CC(N/C(N)=C1\N=CNC1=N)C1CC1. The summed E-state index contributed by atoms with van der Waals surface area (Å²) < 4.78 is 0. The Morgan fingerprint density at radius 2 is 2.50 bits per heavy atom. The highest BCUT2D eigenvalue weighted by Crippen LogP contribution is 2.32. The maximum atomic E-state index is 7.49. The van der Waals surface area contributed by atoms with Gasteiger partial charge < -0.3 is 16.4 Å². The minimum atomic E-state index is 0.262. The molecule has 1 saturated carbocycles. The van der Waals surface area contributed by atoms with E-state index < -0.39 is 0 Å². The van der Waals surface area contributed by atoms with Crippen molar-refractivity contribution in [1.82, 2.24) is 10.6 Å². The highest BCUT2D eigenvalue weighted by Gasteiger charge is 2.28. The third kappa shape index (κ3) is 1.71. The molecule has 0 saturated heterocycles. The molecule has 5 heteroatoms. The van der Waals surface area contributed by atoms with Crippen LogP contribution >= 0.6 is 0 Å². The zero-order valence-corrected chi connectivity index (χ0v) is 8.17. The molecule has 1 heterocycles. The van der Waals surface area contributed by atoms with Crippen LogP contribution in [0.2, 0.25) is 0 Å². The monoisotopic (exact) mass is 193 g/mol. The van der Waals surface area contributed by atoms with Crippen molar-refractivity contribution in [2.45, 2.75) is 25.8 Å². The molecule has 0 bridgehead atoms. The van der Waals surface area contributed by atoms with Gasteiger partial charge in [-0.15, -0.1) is 0 Å². The van der Waals surface area contributed by atoms with E-state index in [0.29, 0.717) is 17.6 Å². The fourth-order valence-electron chi connectivity index (χ4n) is 1.53. The summed E-state index contributed by atoms with van der Waals surface area (Å²) in [4.78, 5) is 3.98. The maximum absolute atomic E-state index is 7.49. The van der Waals surface area contributed by atoms with Gasteiger partial charge in [0, 0.05) is 6.04 Å². The standard InChI is InChI=1S/C9H15N5/c1-5(6-2-3-6)14-9(11)7-8(10)13-4-12-7/h4-6,14H,2-3,11H2,1H3,(H2,10,12,13)/b9-7-. The van der Waals surface area contributed by atoms with Gasteiger partial charge in [0.15, 0.2) is 5.84 Å². The molecule has 2 rings (SSSR count). The molecule has 5 N–H and O–H groups in total. The van der Waals surface area contributed by atoms with E-state index in [1.807, 2.05) is 0 Å². The highest BCUT2D eigenvalue weighted by atomic mass is 15.1. The second kappa shape index (κ2) is 3.32.